The number of rotatable bonds is 8. The third kappa shape index (κ3) is 5.76. The van der Waals surface area contributed by atoms with Crippen molar-refractivity contribution in [2.45, 2.75) is 125 Å². The zero-order valence-electron chi connectivity index (χ0n) is 22.4. The van der Waals surface area contributed by atoms with E-state index in [4.69, 9.17) is 0 Å². The number of hydrogen-bond donors (Lipinski definition) is 0. The van der Waals surface area contributed by atoms with E-state index in [9.17, 15) is 0 Å². The van der Waals surface area contributed by atoms with Gasteiger partial charge < -0.3 is 0 Å². The van der Waals surface area contributed by atoms with E-state index in [1.54, 1.807) is 0 Å². The number of pyridine rings is 2. The van der Waals surface area contributed by atoms with E-state index in [-0.39, 0.29) is 0 Å². The molecule has 31 heavy (non-hydrogen) atoms. The van der Waals surface area contributed by atoms with E-state index in [2.05, 4.69) is 116 Å². The van der Waals surface area contributed by atoms with Crippen molar-refractivity contribution >= 4 is 0 Å². The SMILES string of the molecule is CC(C)c1cc(C(C)C)[n+](C[n+]2c(C(C)C)cc(C(C)C)cc2C(C)C)c(C(C)C)c1. The van der Waals surface area contributed by atoms with Crippen LogP contribution in [0.5, 0.6) is 0 Å². The minimum Gasteiger partial charge on any atom is -0.140 e. The van der Waals surface area contributed by atoms with Crippen LogP contribution >= 0.6 is 0 Å². The topological polar surface area (TPSA) is 7.76 Å². The second-order valence-corrected chi connectivity index (χ2v) is 11.2. The molecule has 2 aromatic heterocycles. The van der Waals surface area contributed by atoms with E-state index in [0.717, 1.165) is 6.67 Å². The number of hydrogen-bond acceptors (Lipinski definition) is 0. The highest BCUT2D eigenvalue weighted by molar-refractivity contribution is 5.24. The smallest absolute Gasteiger partial charge is 0.140 e. The van der Waals surface area contributed by atoms with Crippen LogP contribution in [0.1, 0.15) is 152 Å². The van der Waals surface area contributed by atoms with Gasteiger partial charge in [-0.15, -0.1) is 9.13 Å². The first kappa shape index (κ1) is 25.6. The lowest BCUT2D eigenvalue weighted by Gasteiger charge is -2.19. The Hall–Kier alpha value is -1.70. The van der Waals surface area contributed by atoms with Crippen molar-refractivity contribution in [1.29, 1.82) is 0 Å². The third-order valence-electron chi connectivity index (χ3n) is 6.49. The summed E-state index contributed by atoms with van der Waals surface area (Å²) < 4.78 is 5.21. The molecule has 0 aliphatic heterocycles. The first-order valence-corrected chi connectivity index (χ1v) is 12.5. The Morgan fingerprint density at radius 1 is 0.419 bits per heavy atom. The van der Waals surface area contributed by atoms with Crippen LogP contribution in [0.25, 0.3) is 0 Å². The summed E-state index contributed by atoms with van der Waals surface area (Å²) in [5, 5.41) is 0. The number of nitrogens with zero attached hydrogens (tertiary/aromatic N) is 2. The fourth-order valence-corrected chi connectivity index (χ4v) is 4.42. The quantitative estimate of drug-likeness (QED) is 0.387. The second kappa shape index (κ2) is 10.3. The van der Waals surface area contributed by atoms with Crippen LogP contribution in [0.3, 0.4) is 0 Å². The van der Waals surface area contributed by atoms with E-state index in [1.807, 2.05) is 0 Å². The van der Waals surface area contributed by atoms with E-state index < -0.39 is 0 Å². The van der Waals surface area contributed by atoms with Gasteiger partial charge in [-0.1, -0.05) is 83.1 Å². The molecule has 0 unspecified atom stereocenters. The van der Waals surface area contributed by atoms with Gasteiger partial charge in [0.2, 0.25) is 0 Å². The highest BCUT2D eigenvalue weighted by Gasteiger charge is 2.32. The Balaban J connectivity index is 2.83. The summed E-state index contributed by atoms with van der Waals surface area (Å²) in [6.07, 6.45) is 0. The molecule has 2 rings (SSSR count). The number of aromatic nitrogens is 2. The van der Waals surface area contributed by atoms with Gasteiger partial charge >= 0.3 is 6.67 Å². The second-order valence-electron chi connectivity index (χ2n) is 11.2. The molecule has 172 valence electrons. The van der Waals surface area contributed by atoms with Crippen molar-refractivity contribution in [3.05, 3.63) is 58.2 Å². The largest absolute Gasteiger partial charge is 0.344 e. The molecule has 0 aromatic carbocycles. The maximum atomic E-state index is 2.61. The molecule has 0 N–H and O–H groups in total. The van der Waals surface area contributed by atoms with Gasteiger partial charge in [0.25, 0.3) is 0 Å². The fraction of sp³-hybridized carbons (Fsp3) is 0.655. The molecule has 0 atom stereocenters. The summed E-state index contributed by atoms with van der Waals surface area (Å²) in [6.45, 7) is 28.8. The van der Waals surface area contributed by atoms with Gasteiger partial charge in [0.15, 0.2) is 22.8 Å². The Kier molecular flexibility index (Phi) is 8.47. The van der Waals surface area contributed by atoms with Crippen LogP contribution in [-0.4, -0.2) is 0 Å². The maximum Gasteiger partial charge on any atom is 0.344 e. The minimum atomic E-state index is 0.483. The molecule has 0 aliphatic rings. The first-order chi connectivity index (χ1) is 14.3. The van der Waals surface area contributed by atoms with Crippen LogP contribution in [0, 0.1) is 0 Å². The van der Waals surface area contributed by atoms with Gasteiger partial charge in [-0.05, 0) is 23.0 Å². The average Bonchev–Trinajstić information content (AvgIpc) is 2.66. The summed E-state index contributed by atoms with van der Waals surface area (Å²) in [6, 6.07) is 9.81. The molecule has 0 radical (unpaired) electrons. The van der Waals surface area contributed by atoms with E-state index in [1.165, 1.54) is 33.9 Å². The van der Waals surface area contributed by atoms with Crippen molar-refractivity contribution < 1.29 is 9.13 Å². The van der Waals surface area contributed by atoms with Crippen LogP contribution in [-0.2, 0) is 6.67 Å². The third-order valence-corrected chi connectivity index (χ3v) is 6.49. The Bertz CT molecular complexity index is 754. The highest BCUT2D eigenvalue weighted by atomic mass is 15.2. The van der Waals surface area contributed by atoms with Crippen LogP contribution in [0.2, 0.25) is 0 Å². The molecule has 0 bridgehead atoms. The van der Waals surface area contributed by atoms with Crippen LogP contribution in [0.15, 0.2) is 24.3 Å². The first-order valence-electron chi connectivity index (χ1n) is 12.5. The van der Waals surface area contributed by atoms with Crippen molar-refractivity contribution in [2.24, 2.45) is 0 Å². The Morgan fingerprint density at radius 2 is 0.645 bits per heavy atom. The molecule has 0 fully saturated rings. The molecule has 2 aromatic rings. The van der Waals surface area contributed by atoms with Crippen LogP contribution < -0.4 is 9.13 Å². The maximum absolute atomic E-state index is 2.61. The van der Waals surface area contributed by atoms with E-state index in [0.29, 0.717) is 35.5 Å². The molecule has 0 aliphatic carbocycles. The molecular formula is C29H48N2+2. The van der Waals surface area contributed by atoms with Gasteiger partial charge in [0.05, 0.1) is 0 Å². The van der Waals surface area contributed by atoms with Crippen molar-refractivity contribution in [3.8, 4) is 0 Å². The van der Waals surface area contributed by atoms with Crippen molar-refractivity contribution in [3.63, 3.8) is 0 Å². The summed E-state index contributed by atoms with van der Waals surface area (Å²) in [4.78, 5) is 0. The normalized spacial score (nSPS) is 12.5. The van der Waals surface area contributed by atoms with Crippen LogP contribution in [0.4, 0.5) is 0 Å². The molecular weight excluding hydrogens is 376 g/mol. The lowest BCUT2D eigenvalue weighted by atomic mass is 9.95. The van der Waals surface area contributed by atoms with Gasteiger partial charge in [-0.25, -0.2) is 0 Å². The predicted molar refractivity (Wildman–Crippen MR) is 133 cm³/mol. The predicted octanol–water partition coefficient (Wildman–Crippen LogP) is 7.51. The van der Waals surface area contributed by atoms with Crippen molar-refractivity contribution in [2.75, 3.05) is 0 Å². The summed E-state index contributed by atoms with van der Waals surface area (Å²) in [5.41, 5.74) is 8.69. The van der Waals surface area contributed by atoms with Gasteiger partial charge in [-0.2, -0.15) is 0 Å². The Labute approximate surface area is 192 Å². The highest BCUT2D eigenvalue weighted by Crippen LogP contribution is 2.25. The molecule has 2 nitrogen and oxygen atoms in total. The molecule has 0 spiro atoms. The average molecular weight is 425 g/mol. The molecule has 2 heterocycles. The monoisotopic (exact) mass is 424 g/mol. The van der Waals surface area contributed by atoms with Gasteiger partial charge in [-0.3, -0.25) is 0 Å². The van der Waals surface area contributed by atoms with Crippen molar-refractivity contribution in [1.82, 2.24) is 0 Å². The zero-order valence-corrected chi connectivity index (χ0v) is 22.4. The lowest BCUT2D eigenvalue weighted by molar-refractivity contribution is -0.925. The summed E-state index contributed by atoms with van der Waals surface area (Å²) in [5.74, 6) is 3.02. The standard InChI is InChI=1S/C29H48N2/c1-18(2)24-13-26(20(5)6)30(27(14-24)21(7)8)17-31-28(22(9)10)15-25(19(3)4)16-29(31)23(11)12/h13-16,18-23H,17H2,1-12H3/q+2. The molecule has 0 saturated carbocycles. The van der Waals surface area contributed by atoms with Gasteiger partial charge in [0, 0.05) is 47.9 Å². The van der Waals surface area contributed by atoms with Gasteiger partial charge in [0.1, 0.15) is 0 Å². The Morgan fingerprint density at radius 3 is 0.806 bits per heavy atom. The van der Waals surface area contributed by atoms with E-state index >= 15 is 0 Å². The summed E-state index contributed by atoms with van der Waals surface area (Å²) >= 11 is 0. The zero-order chi connectivity index (χ0) is 23.6. The fourth-order valence-electron chi connectivity index (χ4n) is 4.42. The lowest BCUT2D eigenvalue weighted by Crippen LogP contribution is -2.60. The molecule has 2 heteroatoms. The molecule has 0 saturated heterocycles. The summed E-state index contributed by atoms with van der Waals surface area (Å²) in [7, 11) is 0. The minimum absolute atomic E-state index is 0.483. The molecule has 0 amide bonds.